The highest BCUT2D eigenvalue weighted by Crippen LogP contribution is 2.30. The van der Waals surface area contributed by atoms with Gasteiger partial charge in [0.2, 0.25) is 0 Å². The second kappa shape index (κ2) is 5.04. The van der Waals surface area contributed by atoms with Crippen molar-refractivity contribution in [3.8, 4) is 0 Å². The van der Waals surface area contributed by atoms with Crippen molar-refractivity contribution in [2.45, 2.75) is 39.5 Å². The van der Waals surface area contributed by atoms with Crippen LogP contribution >= 0.6 is 11.5 Å². The van der Waals surface area contributed by atoms with Crippen molar-refractivity contribution >= 4 is 22.4 Å². The number of hydrogen-bond donors (Lipinski definition) is 2. The van der Waals surface area contributed by atoms with Crippen molar-refractivity contribution in [2.75, 3.05) is 17.6 Å². The molecule has 3 N–H and O–H groups in total. The van der Waals surface area contributed by atoms with Gasteiger partial charge in [-0.1, -0.05) is 19.8 Å². The van der Waals surface area contributed by atoms with Gasteiger partial charge in [0.05, 0.1) is 0 Å². The number of rotatable bonds is 3. The van der Waals surface area contributed by atoms with E-state index in [2.05, 4.69) is 16.6 Å². The van der Waals surface area contributed by atoms with E-state index in [1.807, 2.05) is 6.92 Å². The normalized spacial score (nSPS) is 25.6. The SMILES string of the molecule is Cc1c(N)nsc1NCC1CCC(C)CC1. The van der Waals surface area contributed by atoms with Gasteiger partial charge in [0.15, 0.2) is 0 Å². The molecule has 4 heteroatoms. The van der Waals surface area contributed by atoms with Crippen molar-refractivity contribution < 1.29 is 0 Å². The Morgan fingerprint density at radius 3 is 2.62 bits per heavy atom. The van der Waals surface area contributed by atoms with E-state index in [9.17, 15) is 0 Å². The van der Waals surface area contributed by atoms with Crippen molar-refractivity contribution in [3.05, 3.63) is 5.56 Å². The number of nitrogens with two attached hydrogens (primary N) is 1. The third-order valence-electron chi connectivity index (χ3n) is 3.65. The molecule has 0 aromatic carbocycles. The molecule has 0 spiro atoms. The van der Waals surface area contributed by atoms with Crippen LogP contribution in [0.4, 0.5) is 10.8 Å². The molecule has 0 saturated heterocycles. The number of hydrogen-bond acceptors (Lipinski definition) is 4. The van der Waals surface area contributed by atoms with Gasteiger partial charge in [0.1, 0.15) is 10.8 Å². The van der Waals surface area contributed by atoms with Gasteiger partial charge >= 0.3 is 0 Å². The summed E-state index contributed by atoms with van der Waals surface area (Å²) in [4.78, 5) is 0. The van der Waals surface area contributed by atoms with Crippen LogP contribution in [0.2, 0.25) is 0 Å². The summed E-state index contributed by atoms with van der Waals surface area (Å²) in [6, 6.07) is 0. The fourth-order valence-electron chi connectivity index (χ4n) is 2.28. The van der Waals surface area contributed by atoms with Crippen LogP contribution in [0.5, 0.6) is 0 Å². The highest BCUT2D eigenvalue weighted by molar-refractivity contribution is 7.10. The fraction of sp³-hybridized carbons (Fsp3) is 0.750. The molecule has 0 radical (unpaired) electrons. The van der Waals surface area contributed by atoms with Gasteiger partial charge in [0.25, 0.3) is 0 Å². The Bertz CT molecular complexity index is 340. The maximum Gasteiger partial charge on any atom is 0.142 e. The van der Waals surface area contributed by atoms with Crippen LogP contribution in [0.25, 0.3) is 0 Å². The highest BCUT2D eigenvalue weighted by atomic mass is 32.1. The van der Waals surface area contributed by atoms with Gasteiger partial charge in [0, 0.05) is 12.1 Å². The Morgan fingerprint density at radius 2 is 2.06 bits per heavy atom. The zero-order valence-corrected chi connectivity index (χ0v) is 10.9. The maximum absolute atomic E-state index is 5.73. The lowest BCUT2D eigenvalue weighted by Crippen LogP contribution is -2.20. The minimum absolute atomic E-state index is 0.671. The third-order valence-corrected chi connectivity index (χ3v) is 4.57. The summed E-state index contributed by atoms with van der Waals surface area (Å²) in [5.74, 6) is 2.43. The van der Waals surface area contributed by atoms with E-state index < -0.39 is 0 Å². The topological polar surface area (TPSA) is 50.9 Å². The van der Waals surface area contributed by atoms with Gasteiger partial charge < -0.3 is 11.1 Å². The van der Waals surface area contributed by atoms with E-state index in [-0.39, 0.29) is 0 Å². The van der Waals surface area contributed by atoms with E-state index in [1.54, 1.807) is 0 Å². The van der Waals surface area contributed by atoms with Gasteiger partial charge in [-0.3, -0.25) is 0 Å². The van der Waals surface area contributed by atoms with E-state index in [4.69, 9.17) is 5.73 Å². The monoisotopic (exact) mass is 239 g/mol. The van der Waals surface area contributed by atoms with Crippen LogP contribution in [0, 0.1) is 18.8 Å². The number of nitrogen functional groups attached to an aromatic ring is 1. The maximum atomic E-state index is 5.73. The third kappa shape index (κ3) is 2.67. The Labute approximate surface area is 102 Å². The predicted octanol–water partition coefficient (Wildman–Crippen LogP) is 3.27. The molecule has 0 unspecified atom stereocenters. The van der Waals surface area contributed by atoms with Crippen molar-refractivity contribution in [1.82, 2.24) is 4.37 Å². The molecule has 1 heterocycles. The zero-order valence-electron chi connectivity index (χ0n) is 10.1. The first-order valence-electron chi connectivity index (χ1n) is 6.12. The fourth-order valence-corrected chi connectivity index (χ4v) is 3.00. The average molecular weight is 239 g/mol. The smallest absolute Gasteiger partial charge is 0.142 e. The average Bonchev–Trinajstić information content (AvgIpc) is 2.60. The highest BCUT2D eigenvalue weighted by Gasteiger charge is 2.18. The number of nitrogens with zero attached hydrogens (tertiary/aromatic N) is 1. The molecule has 1 aliphatic carbocycles. The summed E-state index contributed by atoms with van der Waals surface area (Å²) in [5, 5.41) is 4.64. The summed E-state index contributed by atoms with van der Waals surface area (Å²) >= 11 is 1.48. The van der Waals surface area contributed by atoms with E-state index in [0.717, 1.165) is 28.9 Å². The first-order chi connectivity index (χ1) is 7.66. The minimum Gasteiger partial charge on any atom is -0.383 e. The first-order valence-corrected chi connectivity index (χ1v) is 6.89. The van der Waals surface area contributed by atoms with Crippen LogP contribution in [0.15, 0.2) is 0 Å². The van der Waals surface area contributed by atoms with Gasteiger partial charge in [-0.25, -0.2) is 0 Å². The summed E-state index contributed by atoms with van der Waals surface area (Å²) in [5.41, 5.74) is 6.83. The molecule has 1 aromatic rings. The Balaban J connectivity index is 1.81. The van der Waals surface area contributed by atoms with Gasteiger partial charge in [-0.2, -0.15) is 4.37 Å². The van der Waals surface area contributed by atoms with Crippen molar-refractivity contribution in [3.63, 3.8) is 0 Å². The molecule has 2 rings (SSSR count). The first kappa shape index (κ1) is 11.7. The van der Waals surface area contributed by atoms with Crippen LogP contribution < -0.4 is 11.1 Å². The Kier molecular flexibility index (Phi) is 3.69. The van der Waals surface area contributed by atoms with Crippen LogP contribution in [0.1, 0.15) is 38.2 Å². The van der Waals surface area contributed by atoms with E-state index in [1.165, 1.54) is 37.2 Å². The Hall–Kier alpha value is -0.770. The molecular weight excluding hydrogens is 218 g/mol. The van der Waals surface area contributed by atoms with E-state index >= 15 is 0 Å². The largest absolute Gasteiger partial charge is 0.383 e. The number of anilines is 2. The summed E-state index contributed by atoms with van der Waals surface area (Å²) in [6.45, 7) is 5.47. The van der Waals surface area contributed by atoms with E-state index in [0.29, 0.717) is 5.82 Å². The van der Waals surface area contributed by atoms with Gasteiger partial charge in [-0.15, -0.1) is 0 Å². The van der Waals surface area contributed by atoms with Crippen molar-refractivity contribution in [1.29, 1.82) is 0 Å². The molecule has 0 aliphatic heterocycles. The quantitative estimate of drug-likeness (QED) is 0.851. The molecule has 1 aliphatic rings. The summed E-state index contributed by atoms with van der Waals surface area (Å²) in [6.07, 6.45) is 5.50. The van der Waals surface area contributed by atoms with Crippen molar-refractivity contribution in [2.24, 2.45) is 11.8 Å². The molecule has 0 amide bonds. The summed E-state index contributed by atoms with van der Waals surface area (Å²) < 4.78 is 4.15. The van der Waals surface area contributed by atoms with Crippen LogP contribution in [0.3, 0.4) is 0 Å². The van der Waals surface area contributed by atoms with Crippen LogP contribution in [-0.2, 0) is 0 Å². The molecule has 0 bridgehead atoms. The number of nitrogens with one attached hydrogen (secondary N) is 1. The predicted molar refractivity (Wildman–Crippen MR) is 70.9 cm³/mol. The molecule has 90 valence electrons. The zero-order chi connectivity index (χ0) is 11.5. The molecule has 3 nitrogen and oxygen atoms in total. The molecule has 0 atom stereocenters. The van der Waals surface area contributed by atoms with Crippen LogP contribution in [-0.4, -0.2) is 10.9 Å². The lowest BCUT2D eigenvalue weighted by molar-refractivity contribution is 0.300. The summed E-state index contributed by atoms with van der Waals surface area (Å²) in [7, 11) is 0. The molecule has 1 aromatic heterocycles. The molecular formula is C12H21N3S. The number of aromatic nitrogens is 1. The molecule has 1 saturated carbocycles. The molecule has 1 fully saturated rings. The van der Waals surface area contributed by atoms with Gasteiger partial charge in [-0.05, 0) is 43.1 Å². The second-order valence-electron chi connectivity index (χ2n) is 5.03. The minimum atomic E-state index is 0.671. The lowest BCUT2D eigenvalue weighted by atomic mass is 9.83. The standard InChI is InChI=1S/C12H21N3S/c1-8-3-5-10(6-4-8)7-14-12-9(2)11(13)15-16-12/h8,10,14H,3-7H2,1-2H3,(H2,13,15). The molecule has 16 heavy (non-hydrogen) atoms. The second-order valence-corrected chi connectivity index (χ2v) is 5.80. The Morgan fingerprint density at radius 1 is 1.38 bits per heavy atom. The lowest BCUT2D eigenvalue weighted by Gasteiger charge is -2.26.